The zero-order chi connectivity index (χ0) is 16.2. The van der Waals surface area contributed by atoms with Crippen molar-refractivity contribution < 1.29 is 14.6 Å². The standard InChI is InChI=1S/C16H18N4O3/c1-23-15-13(8-9-17-19-15)18-16(22)20-10-2-3-14(20)11-4-6-12(21)7-5-11/h4-9,14,21H,2-3,10H2,1H3,(H,17,18,22). The fourth-order valence-electron chi connectivity index (χ4n) is 2.80. The summed E-state index contributed by atoms with van der Waals surface area (Å²) in [5, 5.41) is 19.8. The minimum Gasteiger partial charge on any atom is -0.508 e. The average molecular weight is 314 g/mol. The van der Waals surface area contributed by atoms with Crippen LogP contribution in [0.1, 0.15) is 24.4 Å². The molecule has 1 unspecified atom stereocenters. The monoisotopic (exact) mass is 314 g/mol. The molecule has 3 rings (SSSR count). The second-order valence-electron chi connectivity index (χ2n) is 5.33. The zero-order valence-electron chi connectivity index (χ0n) is 12.8. The summed E-state index contributed by atoms with van der Waals surface area (Å²) in [6, 6.07) is 8.41. The lowest BCUT2D eigenvalue weighted by atomic mass is 10.0. The molecular weight excluding hydrogens is 296 g/mol. The van der Waals surface area contributed by atoms with Crippen LogP contribution in [0.25, 0.3) is 0 Å². The lowest BCUT2D eigenvalue weighted by Gasteiger charge is -2.25. The predicted octanol–water partition coefficient (Wildman–Crippen LogP) is 2.56. The van der Waals surface area contributed by atoms with Gasteiger partial charge in [-0.3, -0.25) is 0 Å². The predicted molar refractivity (Wildman–Crippen MR) is 84.4 cm³/mol. The molecule has 1 aromatic carbocycles. The van der Waals surface area contributed by atoms with Gasteiger partial charge in [-0.25, -0.2) is 4.79 Å². The van der Waals surface area contributed by atoms with Crippen LogP contribution in [0.3, 0.4) is 0 Å². The first-order chi connectivity index (χ1) is 11.2. The number of amides is 2. The maximum Gasteiger partial charge on any atom is 0.322 e. The molecule has 2 N–H and O–H groups in total. The molecule has 120 valence electrons. The number of hydrogen-bond acceptors (Lipinski definition) is 5. The molecule has 7 heteroatoms. The molecule has 1 atom stereocenters. The van der Waals surface area contributed by atoms with Crippen LogP contribution in [0.5, 0.6) is 11.6 Å². The number of phenols is 1. The molecule has 1 aromatic heterocycles. The molecule has 1 aliphatic rings. The van der Waals surface area contributed by atoms with E-state index in [9.17, 15) is 9.90 Å². The topological polar surface area (TPSA) is 87.6 Å². The number of carbonyl (C=O) groups is 1. The summed E-state index contributed by atoms with van der Waals surface area (Å²) >= 11 is 0. The molecule has 0 bridgehead atoms. The van der Waals surface area contributed by atoms with Crippen LogP contribution in [0.4, 0.5) is 10.5 Å². The summed E-state index contributed by atoms with van der Waals surface area (Å²) in [5.74, 6) is 0.497. The number of anilines is 1. The maximum atomic E-state index is 12.6. The lowest BCUT2D eigenvalue weighted by molar-refractivity contribution is 0.207. The van der Waals surface area contributed by atoms with E-state index in [-0.39, 0.29) is 23.7 Å². The van der Waals surface area contributed by atoms with Gasteiger partial charge in [-0.05, 0) is 36.6 Å². The molecular formula is C16H18N4O3. The number of methoxy groups -OCH3 is 1. The first-order valence-electron chi connectivity index (χ1n) is 7.41. The van der Waals surface area contributed by atoms with Gasteiger partial charge < -0.3 is 20.1 Å². The van der Waals surface area contributed by atoms with Gasteiger partial charge in [0.2, 0.25) is 0 Å². The molecule has 1 fully saturated rings. The van der Waals surface area contributed by atoms with Crippen molar-refractivity contribution in [3.63, 3.8) is 0 Å². The van der Waals surface area contributed by atoms with Crippen LogP contribution in [0.15, 0.2) is 36.5 Å². The SMILES string of the molecule is COc1nnccc1NC(=O)N1CCCC1c1ccc(O)cc1. The summed E-state index contributed by atoms with van der Waals surface area (Å²) in [5.41, 5.74) is 1.50. The Morgan fingerprint density at radius 3 is 2.87 bits per heavy atom. The van der Waals surface area contributed by atoms with E-state index in [4.69, 9.17) is 4.74 Å². The third-order valence-electron chi connectivity index (χ3n) is 3.91. The molecule has 0 saturated carbocycles. The molecule has 2 heterocycles. The van der Waals surface area contributed by atoms with Crippen LogP contribution >= 0.6 is 0 Å². The Bertz CT molecular complexity index is 690. The van der Waals surface area contributed by atoms with Gasteiger partial charge in [0.15, 0.2) is 0 Å². The van der Waals surface area contributed by atoms with Crippen molar-refractivity contribution in [1.29, 1.82) is 0 Å². The van der Waals surface area contributed by atoms with E-state index in [1.54, 1.807) is 23.1 Å². The highest BCUT2D eigenvalue weighted by molar-refractivity contribution is 5.91. The second-order valence-corrected chi connectivity index (χ2v) is 5.33. The highest BCUT2D eigenvalue weighted by atomic mass is 16.5. The number of nitrogens with one attached hydrogen (secondary N) is 1. The number of rotatable bonds is 3. The van der Waals surface area contributed by atoms with Crippen molar-refractivity contribution in [2.24, 2.45) is 0 Å². The Morgan fingerprint density at radius 2 is 2.13 bits per heavy atom. The number of aromatic hydroxyl groups is 1. The summed E-state index contributed by atoms with van der Waals surface area (Å²) in [6.07, 6.45) is 3.33. The van der Waals surface area contributed by atoms with Crippen molar-refractivity contribution >= 4 is 11.7 Å². The van der Waals surface area contributed by atoms with E-state index in [0.717, 1.165) is 18.4 Å². The van der Waals surface area contributed by atoms with Crippen LogP contribution in [0.2, 0.25) is 0 Å². The minimum atomic E-state index is -0.202. The van der Waals surface area contributed by atoms with Crippen LogP contribution in [-0.2, 0) is 0 Å². The number of benzene rings is 1. The Balaban J connectivity index is 1.77. The molecule has 0 spiro atoms. The third kappa shape index (κ3) is 3.18. The number of aromatic nitrogens is 2. The van der Waals surface area contributed by atoms with Gasteiger partial charge in [0.25, 0.3) is 5.88 Å². The summed E-state index contributed by atoms with van der Waals surface area (Å²) in [4.78, 5) is 14.4. The maximum absolute atomic E-state index is 12.6. The number of carbonyl (C=O) groups excluding carboxylic acids is 1. The normalized spacial score (nSPS) is 17.1. The van der Waals surface area contributed by atoms with Crippen LogP contribution in [0, 0.1) is 0 Å². The largest absolute Gasteiger partial charge is 0.508 e. The van der Waals surface area contributed by atoms with Crippen molar-refractivity contribution in [2.45, 2.75) is 18.9 Å². The molecule has 1 aliphatic heterocycles. The van der Waals surface area contributed by atoms with Gasteiger partial charge in [0.1, 0.15) is 11.4 Å². The fraction of sp³-hybridized carbons (Fsp3) is 0.312. The van der Waals surface area contributed by atoms with Crippen LogP contribution in [-0.4, -0.2) is 39.9 Å². The Morgan fingerprint density at radius 1 is 1.35 bits per heavy atom. The Hall–Kier alpha value is -2.83. The van der Waals surface area contributed by atoms with Crippen molar-refractivity contribution in [1.82, 2.24) is 15.1 Å². The van der Waals surface area contributed by atoms with Crippen molar-refractivity contribution in [3.05, 3.63) is 42.1 Å². The molecule has 7 nitrogen and oxygen atoms in total. The quantitative estimate of drug-likeness (QED) is 0.909. The molecule has 1 saturated heterocycles. The average Bonchev–Trinajstić information content (AvgIpc) is 3.06. The molecule has 0 radical (unpaired) electrons. The summed E-state index contributed by atoms with van der Waals surface area (Å²) in [7, 11) is 1.48. The zero-order valence-corrected chi connectivity index (χ0v) is 12.8. The second kappa shape index (κ2) is 6.51. The number of likely N-dealkylation sites (tertiary alicyclic amines) is 1. The number of ether oxygens (including phenoxy) is 1. The Kier molecular flexibility index (Phi) is 4.27. The van der Waals surface area contributed by atoms with Crippen molar-refractivity contribution in [3.8, 4) is 11.6 Å². The Labute approximate surface area is 133 Å². The van der Waals surface area contributed by atoms with Gasteiger partial charge in [-0.15, -0.1) is 5.10 Å². The third-order valence-corrected chi connectivity index (χ3v) is 3.91. The summed E-state index contributed by atoms with van der Waals surface area (Å²) in [6.45, 7) is 0.679. The number of phenolic OH excluding ortho intramolecular Hbond substituents is 1. The highest BCUT2D eigenvalue weighted by Gasteiger charge is 2.30. The fourth-order valence-corrected chi connectivity index (χ4v) is 2.80. The summed E-state index contributed by atoms with van der Waals surface area (Å²) < 4.78 is 5.10. The van der Waals surface area contributed by atoms with E-state index < -0.39 is 0 Å². The molecule has 0 aliphatic carbocycles. The minimum absolute atomic E-state index is 0.00334. The van der Waals surface area contributed by atoms with Gasteiger partial charge >= 0.3 is 6.03 Å². The molecule has 23 heavy (non-hydrogen) atoms. The van der Waals surface area contributed by atoms with Gasteiger partial charge in [0, 0.05) is 6.54 Å². The first-order valence-corrected chi connectivity index (χ1v) is 7.41. The van der Waals surface area contributed by atoms with E-state index in [0.29, 0.717) is 12.2 Å². The molecule has 2 amide bonds. The van der Waals surface area contributed by atoms with Crippen LogP contribution < -0.4 is 10.1 Å². The lowest BCUT2D eigenvalue weighted by Crippen LogP contribution is -2.34. The van der Waals surface area contributed by atoms with Crippen molar-refractivity contribution in [2.75, 3.05) is 19.0 Å². The van der Waals surface area contributed by atoms with E-state index >= 15 is 0 Å². The smallest absolute Gasteiger partial charge is 0.322 e. The van der Waals surface area contributed by atoms with Gasteiger partial charge in [-0.1, -0.05) is 12.1 Å². The first kappa shape index (κ1) is 15.1. The number of urea groups is 1. The van der Waals surface area contributed by atoms with Gasteiger partial charge in [-0.2, -0.15) is 5.10 Å². The van der Waals surface area contributed by atoms with E-state index in [1.807, 2.05) is 12.1 Å². The van der Waals surface area contributed by atoms with E-state index in [1.165, 1.54) is 13.3 Å². The highest BCUT2D eigenvalue weighted by Crippen LogP contribution is 2.33. The van der Waals surface area contributed by atoms with E-state index in [2.05, 4.69) is 15.5 Å². The number of hydrogen-bond donors (Lipinski definition) is 2. The molecule has 2 aromatic rings. The van der Waals surface area contributed by atoms with Gasteiger partial charge in [0.05, 0.1) is 19.3 Å². The number of nitrogens with zero attached hydrogens (tertiary/aromatic N) is 3.